The van der Waals surface area contributed by atoms with Gasteiger partial charge in [-0.3, -0.25) is 10.1 Å². The summed E-state index contributed by atoms with van der Waals surface area (Å²) in [4.78, 5) is 15.9. The highest BCUT2D eigenvalue weighted by atomic mass is 32.1. The summed E-state index contributed by atoms with van der Waals surface area (Å²) in [6, 6.07) is 0. The number of nitrogens with two attached hydrogens (primary N) is 1. The molecular formula is C21H24N4O16S. The minimum Gasteiger partial charge on any atom is -0.504 e. The predicted molar refractivity (Wildman–Crippen MR) is 134 cm³/mol. The van der Waals surface area contributed by atoms with Crippen LogP contribution >= 0.6 is 11.3 Å². The topological polar surface area (TPSA) is 383 Å². The number of nitrogens with zero attached hydrogens (tertiary/aromatic N) is 1. The van der Waals surface area contributed by atoms with Gasteiger partial charge in [0.15, 0.2) is 39.6 Å². The first kappa shape index (κ1) is 31.8. The number of phenolic OH excluding ortho intramolecular Hbond substituents is 9. The third-order valence-electron chi connectivity index (χ3n) is 5.88. The maximum Gasteiger partial charge on any atom is 0.291 e. The number of nitrogen functional groups attached to an aromatic ring is 1. The normalized spacial score (nSPS) is 12.4. The van der Waals surface area contributed by atoms with E-state index in [4.69, 9.17) is 5.73 Å². The maximum atomic E-state index is 12.4. The van der Waals surface area contributed by atoms with E-state index in [1.54, 1.807) is 10.6 Å². The number of amides is 1. The lowest BCUT2D eigenvalue weighted by Gasteiger charge is -2.36. The Bertz CT molecular complexity index is 1500. The number of phenols is 9. The Morgan fingerprint density at radius 1 is 0.762 bits per heavy atom. The fraction of sp³-hybridized carbons (Fsp3) is 0.238. The number of benzene rings is 2. The van der Waals surface area contributed by atoms with Crippen LogP contribution in [0.3, 0.4) is 0 Å². The zero-order chi connectivity index (χ0) is 32.1. The molecule has 21 heteroatoms. The molecule has 0 radical (unpaired) electrons. The number of aromatic nitrogens is 1. The number of carbonyl (C=O) groups excluding carboxylic acids is 1. The van der Waals surface area contributed by atoms with Gasteiger partial charge in [-0.2, -0.15) is 0 Å². The second-order valence-electron chi connectivity index (χ2n) is 8.58. The average Bonchev–Trinajstić information content (AvgIpc) is 3.36. The lowest BCUT2D eigenvalue weighted by molar-refractivity contribution is -0.379. The van der Waals surface area contributed by atoms with Crippen molar-refractivity contribution in [3.05, 3.63) is 22.2 Å². The van der Waals surface area contributed by atoms with Crippen molar-refractivity contribution in [2.45, 2.75) is 23.9 Å². The number of hydrogen-bond acceptors (Lipinski definition) is 20. The first-order valence-electron chi connectivity index (χ1n) is 11.0. The highest BCUT2D eigenvalue weighted by Crippen LogP contribution is 2.54. The van der Waals surface area contributed by atoms with E-state index in [0.717, 1.165) is 5.38 Å². The number of aromatic hydroxyl groups is 9. The Kier molecular flexibility index (Phi) is 8.01. The number of carbonyl (C=O) groups is 1. The monoisotopic (exact) mass is 620 g/mol. The van der Waals surface area contributed by atoms with Crippen molar-refractivity contribution in [1.29, 1.82) is 0 Å². The van der Waals surface area contributed by atoms with Gasteiger partial charge in [-0.05, 0) is 6.42 Å². The fourth-order valence-electron chi connectivity index (χ4n) is 3.54. The van der Waals surface area contributed by atoms with Crippen LogP contribution in [-0.4, -0.2) is 99.9 Å². The van der Waals surface area contributed by atoms with Gasteiger partial charge in [0.1, 0.15) is 16.9 Å². The van der Waals surface area contributed by atoms with Gasteiger partial charge in [-0.1, -0.05) is 0 Å². The van der Waals surface area contributed by atoms with Gasteiger partial charge in [-0.15, -0.1) is 11.3 Å². The van der Waals surface area contributed by atoms with Gasteiger partial charge < -0.3 is 87.6 Å². The van der Waals surface area contributed by atoms with Gasteiger partial charge >= 0.3 is 0 Å². The van der Waals surface area contributed by atoms with Gasteiger partial charge in [0.05, 0.1) is 0 Å². The summed E-state index contributed by atoms with van der Waals surface area (Å²) in [6.45, 7) is -0.884. The molecule has 42 heavy (non-hydrogen) atoms. The van der Waals surface area contributed by atoms with Crippen molar-refractivity contribution in [3.8, 4) is 51.7 Å². The van der Waals surface area contributed by atoms with E-state index in [1.807, 2.05) is 0 Å². The molecule has 0 aliphatic carbocycles. The SMILES string of the molecule is Nc1nc(C(O)(O)C(=O)Nc2c(O)c(O)c(C(O)(O)C(O)(O)NCCc3c(O)c(O)c(O)c(O)c3O)c(O)c2O)cs1. The van der Waals surface area contributed by atoms with Gasteiger partial charge in [0.25, 0.3) is 23.4 Å². The molecule has 1 amide bonds. The molecule has 0 saturated carbocycles. The van der Waals surface area contributed by atoms with Crippen LogP contribution in [0.25, 0.3) is 0 Å². The molecule has 0 bridgehead atoms. The molecule has 230 valence electrons. The Morgan fingerprint density at radius 3 is 1.69 bits per heavy atom. The van der Waals surface area contributed by atoms with Crippen LogP contribution in [0.5, 0.6) is 51.7 Å². The molecule has 1 aromatic heterocycles. The molecule has 19 N–H and O–H groups in total. The molecule has 0 unspecified atom stereocenters. The molecule has 0 fully saturated rings. The van der Waals surface area contributed by atoms with Gasteiger partial charge in [0.2, 0.25) is 17.2 Å². The van der Waals surface area contributed by atoms with Crippen molar-refractivity contribution in [3.63, 3.8) is 0 Å². The quantitative estimate of drug-likeness (QED) is 0.0625. The van der Waals surface area contributed by atoms with E-state index < -0.39 is 111 Å². The molecule has 1 heterocycles. The zero-order valence-corrected chi connectivity index (χ0v) is 21.4. The second kappa shape index (κ2) is 10.6. The fourth-order valence-corrected chi connectivity index (χ4v) is 4.14. The lowest BCUT2D eigenvalue weighted by atomic mass is 9.97. The minimum absolute atomic E-state index is 0.184. The molecule has 0 saturated heterocycles. The van der Waals surface area contributed by atoms with Crippen molar-refractivity contribution in [1.82, 2.24) is 10.3 Å². The molecule has 3 aromatic rings. The smallest absolute Gasteiger partial charge is 0.291 e. The van der Waals surface area contributed by atoms with Crippen LogP contribution < -0.4 is 16.4 Å². The predicted octanol–water partition coefficient (Wildman–Crippen LogP) is -3.54. The van der Waals surface area contributed by atoms with Crippen LogP contribution in [0.2, 0.25) is 0 Å². The van der Waals surface area contributed by atoms with Crippen molar-refractivity contribution >= 4 is 28.1 Å². The summed E-state index contributed by atoms with van der Waals surface area (Å²) in [5.41, 5.74) is 0.882. The summed E-state index contributed by atoms with van der Waals surface area (Å²) in [7, 11) is 0. The first-order valence-corrected chi connectivity index (χ1v) is 11.9. The van der Waals surface area contributed by atoms with E-state index in [9.17, 15) is 81.4 Å². The summed E-state index contributed by atoms with van der Waals surface area (Å²) >= 11 is 0.702. The Hall–Kier alpha value is -4.74. The number of nitrogens with one attached hydrogen (secondary N) is 2. The molecule has 0 spiro atoms. The molecule has 2 aromatic carbocycles. The molecule has 0 atom stereocenters. The Labute approximate surface area is 235 Å². The van der Waals surface area contributed by atoms with E-state index in [0.29, 0.717) is 11.3 Å². The van der Waals surface area contributed by atoms with Crippen LogP contribution in [0.15, 0.2) is 5.38 Å². The number of hydrogen-bond donors (Lipinski definition) is 18. The number of rotatable bonds is 9. The molecule has 3 rings (SSSR count). The third-order valence-corrected chi connectivity index (χ3v) is 6.55. The molecular weight excluding hydrogens is 596 g/mol. The van der Waals surface area contributed by atoms with Crippen molar-refractivity contribution in [2.24, 2.45) is 0 Å². The molecule has 0 aliphatic rings. The second-order valence-corrected chi connectivity index (χ2v) is 9.47. The van der Waals surface area contributed by atoms with E-state index in [1.165, 1.54) is 0 Å². The first-order chi connectivity index (χ1) is 19.2. The largest absolute Gasteiger partial charge is 0.504 e. The minimum atomic E-state index is -4.25. The number of anilines is 2. The zero-order valence-electron chi connectivity index (χ0n) is 20.5. The van der Waals surface area contributed by atoms with Crippen molar-refractivity contribution in [2.75, 3.05) is 17.6 Å². The van der Waals surface area contributed by atoms with E-state index in [-0.39, 0.29) is 5.13 Å². The van der Waals surface area contributed by atoms with Crippen LogP contribution in [0.4, 0.5) is 10.8 Å². The van der Waals surface area contributed by atoms with E-state index >= 15 is 0 Å². The van der Waals surface area contributed by atoms with Crippen LogP contribution in [-0.2, 0) is 22.8 Å². The standard InChI is InChI=1S/C21H24N4O16S/c22-18-24-5(3-42-18)19(36,37)17(35)25-7-12(30)10(28)6(11(29)13(7)31)20(38,39)21(40,41)23-2-1-4-8(26)14(32)16(34)15(33)9(4)27/h3,23,26-34,36-41H,1-2H2,(H2,22,24)(H,25,35). The maximum absolute atomic E-state index is 12.4. The number of aliphatic hydroxyl groups is 6. The summed E-state index contributed by atoms with van der Waals surface area (Å²) in [6.07, 6.45) is -0.744. The summed E-state index contributed by atoms with van der Waals surface area (Å²) in [5.74, 6) is -26.6. The highest BCUT2D eigenvalue weighted by Gasteiger charge is 2.54. The summed E-state index contributed by atoms with van der Waals surface area (Å²) < 4.78 is 0. The Morgan fingerprint density at radius 2 is 1.24 bits per heavy atom. The van der Waals surface area contributed by atoms with Crippen molar-refractivity contribution < 1.29 is 81.4 Å². The third kappa shape index (κ3) is 5.08. The average molecular weight is 621 g/mol. The molecule has 0 aliphatic heterocycles. The Balaban J connectivity index is 1.92. The highest BCUT2D eigenvalue weighted by molar-refractivity contribution is 7.13. The van der Waals surface area contributed by atoms with E-state index in [2.05, 4.69) is 4.98 Å². The van der Waals surface area contributed by atoms with Gasteiger partial charge in [0, 0.05) is 17.5 Å². The number of thiazole rings is 1. The lowest BCUT2D eigenvalue weighted by Crippen LogP contribution is -2.61. The summed E-state index contributed by atoms with van der Waals surface area (Å²) in [5, 5.41) is 155. The van der Waals surface area contributed by atoms with Gasteiger partial charge in [-0.25, -0.2) is 4.98 Å². The molecule has 20 nitrogen and oxygen atoms in total. The van der Waals surface area contributed by atoms with Crippen LogP contribution in [0.1, 0.15) is 16.8 Å². The van der Waals surface area contributed by atoms with Crippen LogP contribution in [0, 0.1) is 0 Å².